The van der Waals surface area contributed by atoms with Gasteiger partial charge in [0.25, 0.3) is 0 Å². The number of fused-ring (bicyclic) bond motifs is 1. The minimum absolute atomic E-state index is 0.0453. The van der Waals surface area contributed by atoms with E-state index in [1.807, 2.05) is 25.1 Å². The summed E-state index contributed by atoms with van der Waals surface area (Å²) in [4.78, 5) is 40.2. The molecule has 0 bridgehead atoms. The number of carbonyl (C=O) groups excluding carboxylic acids is 2. The summed E-state index contributed by atoms with van der Waals surface area (Å²) in [6.07, 6.45) is 1.20. The van der Waals surface area contributed by atoms with Crippen molar-refractivity contribution in [1.29, 1.82) is 0 Å². The highest BCUT2D eigenvalue weighted by atomic mass is 16.2. The van der Waals surface area contributed by atoms with E-state index in [1.165, 1.54) is 0 Å². The number of urea groups is 1. The second-order valence-corrected chi connectivity index (χ2v) is 7.00. The Balaban J connectivity index is 1.61. The van der Waals surface area contributed by atoms with Crippen molar-refractivity contribution in [2.24, 2.45) is 14.1 Å². The van der Waals surface area contributed by atoms with Gasteiger partial charge in [-0.2, -0.15) is 0 Å². The highest BCUT2D eigenvalue weighted by molar-refractivity contribution is 5.82. The molecule has 3 amide bonds. The third-order valence-electron chi connectivity index (χ3n) is 5.14. The van der Waals surface area contributed by atoms with E-state index in [2.05, 4.69) is 5.32 Å². The molecule has 1 N–H and O–H groups in total. The van der Waals surface area contributed by atoms with Crippen LogP contribution in [0.15, 0.2) is 23.0 Å². The van der Waals surface area contributed by atoms with Crippen LogP contribution in [0.4, 0.5) is 4.79 Å². The number of hydrogen-bond acceptors (Lipinski definition) is 3. The van der Waals surface area contributed by atoms with Crippen LogP contribution in [0.25, 0.3) is 11.0 Å². The molecule has 1 aliphatic rings. The predicted molar refractivity (Wildman–Crippen MR) is 104 cm³/mol. The van der Waals surface area contributed by atoms with Gasteiger partial charge in [-0.05, 0) is 24.1 Å². The fourth-order valence-corrected chi connectivity index (χ4v) is 3.45. The number of benzene rings is 1. The molecule has 1 aromatic carbocycles. The molecule has 1 aliphatic heterocycles. The predicted octanol–water partition coefficient (Wildman–Crippen LogP) is 0.683. The number of aryl methyl sites for hydroxylation is 2. The molecule has 2 aromatic rings. The SMILES string of the molecule is CCCNC(=O)N1CCN(C(=O)Cc2ccc3c(c2)n(C)c(=O)n3C)CC1. The van der Waals surface area contributed by atoms with Gasteiger partial charge < -0.3 is 15.1 Å². The molecular weight excluding hydrogens is 346 g/mol. The fraction of sp³-hybridized carbons (Fsp3) is 0.526. The van der Waals surface area contributed by atoms with Gasteiger partial charge in [-0.25, -0.2) is 9.59 Å². The summed E-state index contributed by atoms with van der Waals surface area (Å²) in [6.45, 7) is 4.87. The summed E-state index contributed by atoms with van der Waals surface area (Å²) in [5.41, 5.74) is 2.48. The Morgan fingerprint density at radius 1 is 1.00 bits per heavy atom. The van der Waals surface area contributed by atoms with Crippen molar-refractivity contribution in [2.75, 3.05) is 32.7 Å². The minimum Gasteiger partial charge on any atom is -0.339 e. The number of nitrogens with zero attached hydrogens (tertiary/aromatic N) is 4. The van der Waals surface area contributed by atoms with Gasteiger partial charge in [-0.3, -0.25) is 13.9 Å². The van der Waals surface area contributed by atoms with Gasteiger partial charge in [0, 0.05) is 46.8 Å². The molecule has 1 aromatic heterocycles. The molecule has 1 saturated heterocycles. The fourth-order valence-electron chi connectivity index (χ4n) is 3.45. The van der Waals surface area contributed by atoms with Gasteiger partial charge in [0.1, 0.15) is 0 Å². The first-order valence-electron chi connectivity index (χ1n) is 9.37. The summed E-state index contributed by atoms with van der Waals surface area (Å²) in [5.74, 6) is 0.0453. The van der Waals surface area contributed by atoms with Crippen LogP contribution >= 0.6 is 0 Å². The van der Waals surface area contributed by atoms with Crippen LogP contribution in [0.5, 0.6) is 0 Å². The summed E-state index contributed by atoms with van der Waals surface area (Å²) >= 11 is 0. The summed E-state index contributed by atoms with van der Waals surface area (Å²) in [6, 6.07) is 5.63. The zero-order valence-corrected chi connectivity index (χ0v) is 16.2. The maximum Gasteiger partial charge on any atom is 0.328 e. The van der Waals surface area contributed by atoms with Crippen LogP contribution < -0.4 is 11.0 Å². The van der Waals surface area contributed by atoms with Crippen molar-refractivity contribution >= 4 is 23.0 Å². The Hall–Kier alpha value is -2.77. The molecule has 0 aliphatic carbocycles. The topological polar surface area (TPSA) is 79.6 Å². The van der Waals surface area contributed by atoms with E-state index in [1.54, 1.807) is 33.0 Å². The van der Waals surface area contributed by atoms with Crippen molar-refractivity contribution in [3.05, 3.63) is 34.2 Å². The van der Waals surface area contributed by atoms with E-state index in [9.17, 15) is 14.4 Å². The normalized spacial score (nSPS) is 14.6. The van der Waals surface area contributed by atoms with E-state index >= 15 is 0 Å². The number of hydrogen-bond donors (Lipinski definition) is 1. The first kappa shape index (κ1) is 19.0. The highest BCUT2D eigenvalue weighted by Crippen LogP contribution is 2.15. The van der Waals surface area contributed by atoms with Gasteiger partial charge >= 0.3 is 11.7 Å². The third-order valence-corrected chi connectivity index (χ3v) is 5.14. The molecule has 0 atom stereocenters. The Bertz CT molecular complexity index is 906. The van der Waals surface area contributed by atoms with E-state index in [0.717, 1.165) is 23.0 Å². The third kappa shape index (κ3) is 3.84. The molecule has 2 heterocycles. The van der Waals surface area contributed by atoms with Crippen LogP contribution in [-0.4, -0.2) is 63.6 Å². The van der Waals surface area contributed by atoms with Gasteiger partial charge in [-0.15, -0.1) is 0 Å². The van der Waals surface area contributed by atoms with Crippen molar-refractivity contribution in [3.8, 4) is 0 Å². The minimum atomic E-state index is -0.0778. The molecular formula is C19H27N5O3. The van der Waals surface area contributed by atoms with Crippen LogP contribution in [0, 0.1) is 0 Å². The van der Waals surface area contributed by atoms with Crippen molar-refractivity contribution in [1.82, 2.24) is 24.3 Å². The molecule has 8 heteroatoms. The zero-order chi connectivity index (χ0) is 19.6. The van der Waals surface area contributed by atoms with E-state index < -0.39 is 0 Å². The zero-order valence-electron chi connectivity index (χ0n) is 16.2. The molecule has 3 rings (SSSR count). The lowest BCUT2D eigenvalue weighted by atomic mass is 10.1. The molecule has 0 saturated carbocycles. The average Bonchev–Trinajstić information content (AvgIpc) is 2.90. The number of piperazine rings is 1. The maximum absolute atomic E-state index is 12.6. The first-order chi connectivity index (χ1) is 12.9. The molecule has 0 radical (unpaired) electrons. The van der Waals surface area contributed by atoms with Crippen molar-refractivity contribution in [3.63, 3.8) is 0 Å². The van der Waals surface area contributed by atoms with Gasteiger partial charge in [0.15, 0.2) is 0 Å². The second-order valence-electron chi connectivity index (χ2n) is 7.00. The largest absolute Gasteiger partial charge is 0.339 e. The van der Waals surface area contributed by atoms with Gasteiger partial charge in [-0.1, -0.05) is 13.0 Å². The summed E-state index contributed by atoms with van der Waals surface area (Å²) in [7, 11) is 3.48. The van der Waals surface area contributed by atoms with Gasteiger partial charge in [0.05, 0.1) is 17.5 Å². The van der Waals surface area contributed by atoms with Crippen LogP contribution in [-0.2, 0) is 25.3 Å². The highest BCUT2D eigenvalue weighted by Gasteiger charge is 2.24. The van der Waals surface area contributed by atoms with E-state index in [4.69, 9.17) is 0 Å². The molecule has 0 unspecified atom stereocenters. The smallest absolute Gasteiger partial charge is 0.328 e. The molecule has 8 nitrogen and oxygen atoms in total. The Morgan fingerprint density at radius 3 is 2.30 bits per heavy atom. The van der Waals surface area contributed by atoms with Crippen LogP contribution in [0.3, 0.4) is 0 Å². The average molecular weight is 373 g/mol. The quantitative estimate of drug-likeness (QED) is 0.856. The second kappa shape index (κ2) is 7.85. The lowest BCUT2D eigenvalue weighted by Crippen LogP contribution is -2.53. The van der Waals surface area contributed by atoms with Crippen molar-refractivity contribution in [2.45, 2.75) is 19.8 Å². The standard InChI is InChI=1S/C19H27N5O3/c1-4-7-20-18(26)24-10-8-23(9-11-24)17(25)13-14-5-6-15-16(12-14)22(3)19(27)21(15)2/h5-6,12H,4,7-11,13H2,1-3H3,(H,20,26). The molecule has 146 valence electrons. The molecule has 27 heavy (non-hydrogen) atoms. The summed E-state index contributed by atoms with van der Waals surface area (Å²) in [5, 5.41) is 2.87. The van der Waals surface area contributed by atoms with Crippen LogP contribution in [0.1, 0.15) is 18.9 Å². The monoisotopic (exact) mass is 373 g/mol. The maximum atomic E-state index is 12.6. The number of rotatable bonds is 4. The first-order valence-corrected chi connectivity index (χ1v) is 9.37. The Labute approximate surface area is 158 Å². The van der Waals surface area contributed by atoms with Crippen LogP contribution in [0.2, 0.25) is 0 Å². The van der Waals surface area contributed by atoms with E-state index in [-0.39, 0.29) is 17.6 Å². The lowest BCUT2D eigenvalue weighted by molar-refractivity contribution is -0.131. The number of carbonyl (C=O) groups is 2. The number of nitrogens with one attached hydrogen (secondary N) is 1. The lowest BCUT2D eigenvalue weighted by Gasteiger charge is -2.34. The molecule has 0 spiro atoms. The molecule has 1 fully saturated rings. The Morgan fingerprint density at radius 2 is 1.63 bits per heavy atom. The van der Waals surface area contributed by atoms with Gasteiger partial charge in [0.2, 0.25) is 5.91 Å². The summed E-state index contributed by atoms with van der Waals surface area (Å²) < 4.78 is 3.20. The van der Waals surface area contributed by atoms with Crippen molar-refractivity contribution < 1.29 is 9.59 Å². The number of imidazole rings is 1. The number of aromatic nitrogens is 2. The van der Waals surface area contributed by atoms with E-state index in [0.29, 0.717) is 39.1 Å². The number of amides is 3. The Kier molecular flexibility index (Phi) is 5.53.